The summed E-state index contributed by atoms with van der Waals surface area (Å²) in [5.41, 5.74) is -2.78. The highest BCUT2D eigenvalue weighted by Crippen LogP contribution is 2.39. The molecular weight excluding hydrogens is 278 g/mol. The third kappa shape index (κ3) is 3.57. The molecule has 0 aliphatic rings. The van der Waals surface area contributed by atoms with Gasteiger partial charge < -0.3 is 0 Å². The van der Waals surface area contributed by atoms with E-state index in [9.17, 15) is 26.3 Å². The van der Waals surface area contributed by atoms with Gasteiger partial charge in [0, 0.05) is 4.75 Å². The van der Waals surface area contributed by atoms with E-state index in [2.05, 4.69) is 12.6 Å². The van der Waals surface area contributed by atoms with Crippen LogP contribution in [0.15, 0.2) is 18.2 Å². The summed E-state index contributed by atoms with van der Waals surface area (Å²) in [5.74, 6) is 0. The molecule has 1 aromatic rings. The van der Waals surface area contributed by atoms with Crippen molar-refractivity contribution in [2.45, 2.75) is 30.9 Å². The molecule has 0 amide bonds. The summed E-state index contributed by atoms with van der Waals surface area (Å²) < 4.78 is 74.1. The maximum Gasteiger partial charge on any atom is 0.416 e. The standard InChI is InChI=1S/C11H10F6S/c1-9(2,18)6-3-7(10(12,13)14)5-8(4-6)11(15,16)17/h3-5,18H,1-2H3. The monoisotopic (exact) mass is 288 g/mol. The Hall–Kier alpha value is -0.850. The van der Waals surface area contributed by atoms with Crippen molar-refractivity contribution < 1.29 is 26.3 Å². The fourth-order valence-electron chi connectivity index (χ4n) is 1.31. The van der Waals surface area contributed by atoms with Crippen LogP contribution < -0.4 is 0 Å². The molecule has 18 heavy (non-hydrogen) atoms. The molecule has 0 spiro atoms. The Morgan fingerprint density at radius 3 is 1.22 bits per heavy atom. The lowest BCUT2D eigenvalue weighted by Gasteiger charge is -2.21. The van der Waals surface area contributed by atoms with E-state index >= 15 is 0 Å². The minimum atomic E-state index is -4.82. The highest BCUT2D eigenvalue weighted by molar-refractivity contribution is 7.81. The first-order chi connectivity index (χ1) is 7.82. The van der Waals surface area contributed by atoms with Gasteiger partial charge in [0.05, 0.1) is 11.1 Å². The maximum absolute atomic E-state index is 12.5. The highest BCUT2D eigenvalue weighted by Gasteiger charge is 2.37. The summed E-state index contributed by atoms with van der Waals surface area (Å²) in [6, 6.07) is 1.47. The number of hydrogen-bond acceptors (Lipinski definition) is 1. The lowest BCUT2D eigenvalue weighted by atomic mass is 9.96. The number of hydrogen-bond donors (Lipinski definition) is 1. The summed E-state index contributed by atoms with van der Waals surface area (Å²) in [7, 11) is 0. The lowest BCUT2D eigenvalue weighted by molar-refractivity contribution is -0.143. The lowest BCUT2D eigenvalue weighted by Crippen LogP contribution is -2.16. The molecular formula is C11H10F6S. The van der Waals surface area contributed by atoms with Crippen molar-refractivity contribution in [1.82, 2.24) is 0 Å². The van der Waals surface area contributed by atoms with Gasteiger partial charge in [0.2, 0.25) is 0 Å². The van der Waals surface area contributed by atoms with Crippen molar-refractivity contribution in [1.29, 1.82) is 0 Å². The summed E-state index contributed by atoms with van der Waals surface area (Å²) in [4.78, 5) is 0. The zero-order chi connectivity index (χ0) is 14.4. The molecule has 0 aromatic heterocycles. The van der Waals surface area contributed by atoms with E-state index in [1.54, 1.807) is 0 Å². The third-order valence-electron chi connectivity index (χ3n) is 2.29. The third-order valence-corrected chi connectivity index (χ3v) is 2.55. The van der Waals surface area contributed by atoms with Gasteiger partial charge >= 0.3 is 12.4 Å². The molecule has 102 valence electrons. The van der Waals surface area contributed by atoms with Gasteiger partial charge in [-0.2, -0.15) is 39.0 Å². The molecule has 0 heterocycles. The van der Waals surface area contributed by atoms with Gasteiger partial charge in [0.1, 0.15) is 0 Å². The maximum atomic E-state index is 12.5. The van der Waals surface area contributed by atoms with Gasteiger partial charge in [-0.25, -0.2) is 0 Å². The SMILES string of the molecule is CC(C)(S)c1cc(C(F)(F)F)cc(C(F)(F)F)c1. The zero-order valence-corrected chi connectivity index (χ0v) is 10.3. The van der Waals surface area contributed by atoms with E-state index in [0.717, 1.165) is 0 Å². The van der Waals surface area contributed by atoms with Gasteiger partial charge in [-0.3, -0.25) is 0 Å². The van der Waals surface area contributed by atoms with Crippen LogP contribution >= 0.6 is 12.6 Å². The number of rotatable bonds is 1. The van der Waals surface area contributed by atoms with Crippen LogP contribution in [0.2, 0.25) is 0 Å². The second-order valence-electron chi connectivity index (χ2n) is 4.35. The van der Waals surface area contributed by atoms with Crippen LogP contribution in [0.25, 0.3) is 0 Å². The molecule has 0 unspecified atom stereocenters. The van der Waals surface area contributed by atoms with Crippen molar-refractivity contribution in [2.24, 2.45) is 0 Å². The van der Waals surface area contributed by atoms with Crippen LogP contribution in [0.3, 0.4) is 0 Å². The summed E-state index contributed by atoms with van der Waals surface area (Å²) in [6.45, 7) is 2.84. The van der Waals surface area contributed by atoms with E-state index in [-0.39, 0.29) is 11.6 Å². The van der Waals surface area contributed by atoms with Crippen molar-refractivity contribution in [2.75, 3.05) is 0 Å². The molecule has 0 bridgehead atoms. The normalized spacial score (nSPS) is 13.8. The quantitative estimate of drug-likeness (QED) is 0.552. The first kappa shape index (κ1) is 15.2. The van der Waals surface area contributed by atoms with Crippen molar-refractivity contribution in [3.8, 4) is 0 Å². The summed E-state index contributed by atoms with van der Waals surface area (Å²) in [5, 5.41) is 0. The Kier molecular flexibility index (Phi) is 3.69. The molecule has 0 aliphatic heterocycles. The summed E-state index contributed by atoms with van der Waals surface area (Å²) in [6.07, 6.45) is -9.65. The van der Waals surface area contributed by atoms with Gasteiger partial charge in [-0.1, -0.05) is 0 Å². The van der Waals surface area contributed by atoms with Gasteiger partial charge in [-0.15, -0.1) is 0 Å². The Bertz CT molecular complexity index is 359. The Labute approximate surface area is 105 Å². The molecule has 0 nitrogen and oxygen atoms in total. The molecule has 0 aliphatic carbocycles. The fourth-order valence-corrected chi connectivity index (χ4v) is 1.44. The predicted octanol–water partition coefficient (Wildman–Crippen LogP) is 4.89. The highest BCUT2D eigenvalue weighted by atomic mass is 32.1. The fraction of sp³-hybridized carbons (Fsp3) is 0.455. The van der Waals surface area contributed by atoms with E-state index < -0.39 is 28.2 Å². The minimum Gasteiger partial charge on any atom is -0.168 e. The molecule has 1 aromatic carbocycles. The number of thiol groups is 1. The van der Waals surface area contributed by atoms with E-state index in [1.807, 2.05) is 0 Å². The molecule has 7 heteroatoms. The average molecular weight is 288 g/mol. The number of benzene rings is 1. The second kappa shape index (κ2) is 4.36. The molecule has 1 rings (SSSR count). The van der Waals surface area contributed by atoms with Gasteiger partial charge in [0.25, 0.3) is 0 Å². The molecule has 0 radical (unpaired) electrons. The van der Waals surface area contributed by atoms with Crippen LogP contribution in [-0.2, 0) is 17.1 Å². The molecule has 0 N–H and O–H groups in total. The minimum absolute atomic E-state index is 0.100. The van der Waals surface area contributed by atoms with Gasteiger partial charge in [-0.05, 0) is 37.6 Å². The van der Waals surface area contributed by atoms with Crippen LogP contribution in [0.4, 0.5) is 26.3 Å². The Morgan fingerprint density at radius 1 is 0.722 bits per heavy atom. The Balaban J connectivity index is 3.49. The van der Waals surface area contributed by atoms with Crippen LogP contribution in [0.1, 0.15) is 30.5 Å². The van der Waals surface area contributed by atoms with Crippen molar-refractivity contribution >= 4 is 12.6 Å². The Morgan fingerprint density at radius 2 is 1.00 bits per heavy atom. The topological polar surface area (TPSA) is 0 Å². The van der Waals surface area contributed by atoms with Crippen LogP contribution in [0.5, 0.6) is 0 Å². The van der Waals surface area contributed by atoms with Crippen molar-refractivity contribution in [3.63, 3.8) is 0 Å². The molecule has 0 saturated heterocycles. The molecule has 0 atom stereocenters. The predicted molar refractivity (Wildman–Crippen MR) is 58.5 cm³/mol. The molecule has 0 saturated carbocycles. The van der Waals surface area contributed by atoms with Crippen LogP contribution in [0, 0.1) is 0 Å². The first-order valence-corrected chi connectivity index (χ1v) is 5.29. The number of halogens is 6. The van der Waals surface area contributed by atoms with E-state index in [4.69, 9.17) is 0 Å². The zero-order valence-electron chi connectivity index (χ0n) is 9.45. The van der Waals surface area contributed by atoms with Crippen molar-refractivity contribution in [3.05, 3.63) is 34.9 Å². The second-order valence-corrected chi connectivity index (χ2v) is 5.47. The molecule has 0 fully saturated rings. The van der Waals surface area contributed by atoms with Gasteiger partial charge in [0.15, 0.2) is 0 Å². The van der Waals surface area contributed by atoms with E-state index in [0.29, 0.717) is 12.1 Å². The van der Waals surface area contributed by atoms with Crippen LogP contribution in [-0.4, -0.2) is 0 Å². The largest absolute Gasteiger partial charge is 0.416 e. The number of alkyl halides is 6. The average Bonchev–Trinajstić information content (AvgIpc) is 2.13. The summed E-state index contributed by atoms with van der Waals surface area (Å²) >= 11 is 4.00. The smallest absolute Gasteiger partial charge is 0.168 e. The first-order valence-electron chi connectivity index (χ1n) is 4.84. The van der Waals surface area contributed by atoms with E-state index in [1.165, 1.54) is 13.8 Å².